The fourth-order valence-electron chi connectivity index (χ4n) is 6.42. The van der Waals surface area contributed by atoms with Gasteiger partial charge in [0.05, 0.1) is 0 Å². The number of hydrogen-bond acceptors (Lipinski definition) is 3. The molecule has 0 aliphatic rings. The quantitative estimate of drug-likeness (QED) is 0.0716. The molecule has 0 amide bonds. The topological polar surface area (TPSA) is 0 Å². The molecule has 0 unspecified atom stereocenters. The fraction of sp³-hybridized carbons (Fsp3) is 0.676. The summed E-state index contributed by atoms with van der Waals surface area (Å²) in [5, 5.41) is 0. The molecule has 0 bridgehead atoms. The van der Waals surface area contributed by atoms with E-state index in [4.69, 9.17) is 0 Å². The van der Waals surface area contributed by atoms with Crippen LogP contribution in [0.3, 0.4) is 0 Å². The van der Waals surface area contributed by atoms with E-state index in [1.54, 1.807) is 29.3 Å². The van der Waals surface area contributed by atoms with Crippen LogP contribution in [0.2, 0.25) is 13.3 Å². The van der Waals surface area contributed by atoms with Gasteiger partial charge in [-0.2, -0.15) is 0 Å². The Hall–Kier alpha value is -0.101. The number of aryl methyl sites for hydroxylation is 3. The standard InChI is InChI=1S/C25H33S3.3C4H9.Sn/c1-4-6-8-10-12-20-16-24(26-18-20)22-14-15-23(28-22)25-17-21(19(3)27-25)13-11-9-7-5-2;3*1-3-4-2;/h14-17H,4-13H2,1-3H3;3*1,3-4H2,2H3;. The van der Waals surface area contributed by atoms with Crippen LogP contribution in [0.5, 0.6) is 0 Å². The molecule has 0 aromatic carbocycles. The van der Waals surface area contributed by atoms with Crippen molar-refractivity contribution in [3.05, 3.63) is 40.3 Å². The van der Waals surface area contributed by atoms with Gasteiger partial charge in [-0.25, -0.2) is 0 Å². The maximum absolute atomic E-state index is 2.69. The van der Waals surface area contributed by atoms with Crippen molar-refractivity contribution in [3.63, 3.8) is 0 Å². The summed E-state index contributed by atoms with van der Waals surface area (Å²) >= 11 is 3.87. The molecule has 0 aliphatic carbocycles. The molecule has 3 aromatic rings. The van der Waals surface area contributed by atoms with Crippen LogP contribution < -0.4 is 2.89 Å². The van der Waals surface area contributed by atoms with E-state index in [2.05, 4.69) is 88.5 Å². The third kappa shape index (κ3) is 10.5. The van der Waals surface area contributed by atoms with Gasteiger partial charge in [0.2, 0.25) is 0 Å². The van der Waals surface area contributed by atoms with Gasteiger partial charge in [0.15, 0.2) is 0 Å². The van der Waals surface area contributed by atoms with Gasteiger partial charge < -0.3 is 0 Å². The maximum atomic E-state index is 2.69. The minimum atomic E-state index is -2.48. The third-order valence-corrected chi connectivity index (χ3v) is 31.3. The summed E-state index contributed by atoms with van der Waals surface area (Å²) in [5.41, 5.74) is 3.38. The van der Waals surface area contributed by atoms with Crippen LogP contribution in [0, 0.1) is 6.92 Å². The molecular weight excluding hydrogens is 659 g/mol. The van der Waals surface area contributed by atoms with Crippen molar-refractivity contribution in [2.24, 2.45) is 0 Å². The Morgan fingerprint density at radius 2 is 0.951 bits per heavy atom. The Bertz CT molecular complexity index is 1100. The van der Waals surface area contributed by atoms with E-state index in [0.717, 1.165) is 0 Å². The molecule has 0 nitrogen and oxygen atoms in total. The van der Waals surface area contributed by atoms with Gasteiger partial charge in [-0.05, 0) is 0 Å². The monoisotopic (exact) mass is 720 g/mol. The first-order valence-corrected chi connectivity index (χ1v) is 27.3. The number of hydrogen-bond donors (Lipinski definition) is 0. The van der Waals surface area contributed by atoms with Crippen LogP contribution in [0.1, 0.15) is 141 Å². The SMILES string of the molecule is CCCCCCc1cc(-c2ccc(-c3cc(CCCCCC)[c]([Sn]([CH2]CCC)([CH2]CCC)[CH2]CCC)s3)s2)sc1C. The van der Waals surface area contributed by atoms with E-state index >= 15 is 0 Å². The molecule has 0 aliphatic heterocycles. The van der Waals surface area contributed by atoms with Crippen molar-refractivity contribution in [3.8, 4) is 19.5 Å². The summed E-state index contributed by atoms with van der Waals surface area (Å²) in [4.78, 5) is 7.60. The third-order valence-electron chi connectivity index (χ3n) is 9.03. The first-order valence-electron chi connectivity index (χ1n) is 17.3. The molecule has 0 saturated carbocycles. The van der Waals surface area contributed by atoms with Crippen LogP contribution in [-0.4, -0.2) is 18.4 Å². The van der Waals surface area contributed by atoms with Gasteiger partial charge in [-0.1, -0.05) is 19.8 Å². The molecule has 3 rings (SSSR count). The van der Waals surface area contributed by atoms with E-state index in [1.165, 1.54) is 122 Å². The average molecular weight is 720 g/mol. The zero-order valence-electron chi connectivity index (χ0n) is 27.5. The summed E-state index contributed by atoms with van der Waals surface area (Å²) in [5.74, 6) is 0. The molecule has 3 heterocycles. The second-order valence-electron chi connectivity index (χ2n) is 12.5. The normalized spacial score (nSPS) is 12.0. The summed E-state index contributed by atoms with van der Waals surface area (Å²) in [6.45, 7) is 14.2. The molecule has 0 atom stereocenters. The molecule has 0 N–H and O–H groups in total. The summed E-state index contributed by atoms with van der Waals surface area (Å²) in [7, 11) is 0. The molecule has 0 spiro atoms. The predicted molar refractivity (Wildman–Crippen MR) is 196 cm³/mol. The van der Waals surface area contributed by atoms with E-state index in [1.807, 2.05) is 14.2 Å². The van der Waals surface area contributed by atoms with E-state index in [-0.39, 0.29) is 0 Å². The van der Waals surface area contributed by atoms with Crippen LogP contribution in [0.15, 0.2) is 24.3 Å². The molecule has 3 aromatic heterocycles. The van der Waals surface area contributed by atoms with Crippen molar-refractivity contribution in [1.29, 1.82) is 0 Å². The van der Waals surface area contributed by atoms with Crippen molar-refractivity contribution < 1.29 is 0 Å². The summed E-state index contributed by atoms with van der Waals surface area (Å²) < 4.78 is 6.73. The molecule has 0 fully saturated rings. The number of rotatable bonds is 22. The first kappa shape index (κ1) is 35.4. The van der Waals surface area contributed by atoms with Crippen LogP contribution >= 0.6 is 34.0 Å². The Labute approximate surface area is 270 Å². The van der Waals surface area contributed by atoms with Gasteiger partial charge >= 0.3 is 253 Å². The molecule has 230 valence electrons. The average Bonchev–Trinajstić information content (AvgIpc) is 3.72. The van der Waals surface area contributed by atoms with Gasteiger partial charge in [-0.3, -0.25) is 0 Å². The van der Waals surface area contributed by atoms with Gasteiger partial charge in [0.1, 0.15) is 0 Å². The van der Waals surface area contributed by atoms with Crippen molar-refractivity contribution in [2.75, 3.05) is 0 Å². The van der Waals surface area contributed by atoms with E-state index in [0.29, 0.717) is 0 Å². The Kier molecular flexibility index (Phi) is 16.7. The van der Waals surface area contributed by atoms with E-state index < -0.39 is 18.4 Å². The van der Waals surface area contributed by atoms with E-state index in [9.17, 15) is 0 Å². The molecule has 4 heteroatoms. The number of unbranched alkanes of at least 4 members (excludes halogenated alkanes) is 9. The molecule has 0 radical (unpaired) electrons. The first-order chi connectivity index (χ1) is 20.0. The minimum absolute atomic E-state index is 1.25. The summed E-state index contributed by atoms with van der Waals surface area (Å²) in [6.07, 6.45) is 21.9. The molecule has 0 saturated heterocycles. The Morgan fingerprint density at radius 3 is 1.46 bits per heavy atom. The van der Waals surface area contributed by atoms with Crippen LogP contribution in [0.25, 0.3) is 19.5 Å². The molecular formula is C37H60S3Sn. The van der Waals surface area contributed by atoms with Crippen LogP contribution in [-0.2, 0) is 12.8 Å². The molecule has 41 heavy (non-hydrogen) atoms. The van der Waals surface area contributed by atoms with Gasteiger partial charge in [-0.15, -0.1) is 0 Å². The van der Waals surface area contributed by atoms with Crippen LogP contribution in [0.4, 0.5) is 0 Å². The summed E-state index contributed by atoms with van der Waals surface area (Å²) in [6, 6.07) is 10.1. The van der Waals surface area contributed by atoms with Gasteiger partial charge in [0, 0.05) is 0 Å². The van der Waals surface area contributed by atoms with Crippen molar-refractivity contribution in [1.82, 2.24) is 0 Å². The zero-order valence-corrected chi connectivity index (χ0v) is 32.8. The Balaban J connectivity index is 1.94. The second kappa shape index (κ2) is 19.3. The van der Waals surface area contributed by atoms with Gasteiger partial charge in [0.25, 0.3) is 0 Å². The number of thiophene rings is 3. The predicted octanol–water partition coefficient (Wildman–Crippen LogP) is 13.8. The fourth-order valence-corrected chi connectivity index (χ4v) is 30.1. The van der Waals surface area contributed by atoms with Crippen molar-refractivity contribution in [2.45, 2.75) is 158 Å². The Morgan fingerprint density at radius 1 is 0.488 bits per heavy atom. The van der Waals surface area contributed by atoms with Crippen molar-refractivity contribution >= 4 is 55.3 Å². The zero-order chi connectivity index (χ0) is 29.5. The second-order valence-corrected chi connectivity index (χ2v) is 30.0.